The zero-order valence-corrected chi connectivity index (χ0v) is 11.6. The van der Waals surface area contributed by atoms with E-state index >= 15 is 0 Å². The number of carbonyl (C=O) groups excluding carboxylic acids is 1. The van der Waals surface area contributed by atoms with Crippen molar-refractivity contribution in [3.63, 3.8) is 0 Å². The third-order valence-electron chi connectivity index (χ3n) is 3.08. The van der Waals surface area contributed by atoms with Gasteiger partial charge < -0.3 is 15.4 Å². The number of aliphatic hydroxyl groups is 1. The number of aromatic nitrogens is 2. The number of amides is 1. The van der Waals surface area contributed by atoms with Crippen LogP contribution in [0.2, 0.25) is 0 Å². The van der Waals surface area contributed by atoms with E-state index in [1.807, 2.05) is 38.1 Å². The number of nitrogens with zero attached hydrogens (tertiary/aromatic N) is 1. The topological polar surface area (TPSA) is 78.0 Å². The van der Waals surface area contributed by atoms with Gasteiger partial charge in [0.25, 0.3) is 0 Å². The molecule has 0 bridgehead atoms. The van der Waals surface area contributed by atoms with Crippen molar-refractivity contribution in [3.8, 4) is 11.4 Å². The Kier molecular flexibility index (Phi) is 4.53. The van der Waals surface area contributed by atoms with E-state index in [1.165, 1.54) is 0 Å². The standard InChI is InChI=1S/C15H19N3O2/c1-10(2)13(19)9-14(20)18-12-5-3-4-11(8-12)15-16-6-7-17-15/h3-8,10,13,19H,9H2,1-2H3,(H,16,17)(H,18,20). The minimum Gasteiger partial charge on any atom is -0.392 e. The average Bonchev–Trinajstić information content (AvgIpc) is 2.92. The monoisotopic (exact) mass is 273 g/mol. The molecule has 3 N–H and O–H groups in total. The molecule has 1 amide bonds. The number of aromatic amines is 1. The zero-order valence-electron chi connectivity index (χ0n) is 11.6. The fourth-order valence-electron chi connectivity index (χ4n) is 1.81. The Morgan fingerprint density at radius 1 is 1.45 bits per heavy atom. The third kappa shape index (κ3) is 3.68. The molecule has 20 heavy (non-hydrogen) atoms. The molecule has 0 saturated carbocycles. The molecule has 0 aliphatic rings. The molecule has 1 aromatic heterocycles. The van der Waals surface area contributed by atoms with Gasteiger partial charge in [-0.2, -0.15) is 0 Å². The Morgan fingerprint density at radius 3 is 2.90 bits per heavy atom. The molecule has 2 rings (SSSR count). The molecule has 1 heterocycles. The van der Waals surface area contributed by atoms with Crippen LogP contribution in [0.5, 0.6) is 0 Å². The lowest BCUT2D eigenvalue weighted by atomic mass is 10.0. The first-order valence-electron chi connectivity index (χ1n) is 6.64. The van der Waals surface area contributed by atoms with Gasteiger partial charge in [-0.25, -0.2) is 4.98 Å². The van der Waals surface area contributed by atoms with Gasteiger partial charge in [-0.1, -0.05) is 26.0 Å². The second-order valence-corrected chi connectivity index (χ2v) is 5.08. The Labute approximate surface area is 118 Å². The van der Waals surface area contributed by atoms with Crippen LogP contribution >= 0.6 is 0 Å². The van der Waals surface area contributed by atoms with Gasteiger partial charge in [0.05, 0.1) is 12.5 Å². The summed E-state index contributed by atoms with van der Waals surface area (Å²) in [5, 5.41) is 12.5. The highest BCUT2D eigenvalue weighted by Crippen LogP contribution is 2.19. The summed E-state index contributed by atoms with van der Waals surface area (Å²) in [6.45, 7) is 3.77. The van der Waals surface area contributed by atoms with Crippen LogP contribution < -0.4 is 5.32 Å². The average molecular weight is 273 g/mol. The molecule has 2 aromatic rings. The molecule has 0 spiro atoms. The van der Waals surface area contributed by atoms with E-state index in [4.69, 9.17) is 0 Å². The summed E-state index contributed by atoms with van der Waals surface area (Å²) < 4.78 is 0. The number of hydrogen-bond acceptors (Lipinski definition) is 3. The molecule has 106 valence electrons. The molecule has 1 atom stereocenters. The van der Waals surface area contributed by atoms with Crippen LogP contribution in [0.15, 0.2) is 36.7 Å². The van der Waals surface area contributed by atoms with Crippen molar-refractivity contribution >= 4 is 11.6 Å². The highest BCUT2D eigenvalue weighted by molar-refractivity contribution is 5.91. The summed E-state index contributed by atoms with van der Waals surface area (Å²) in [6.07, 6.45) is 2.91. The normalized spacial score (nSPS) is 12.4. The van der Waals surface area contributed by atoms with Crippen LogP contribution in [0.1, 0.15) is 20.3 Å². The summed E-state index contributed by atoms with van der Waals surface area (Å²) >= 11 is 0. The van der Waals surface area contributed by atoms with Crippen LogP contribution in [0.3, 0.4) is 0 Å². The smallest absolute Gasteiger partial charge is 0.226 e. The fraction of sp³-hybridized carbons (Fsp3) is 0.333. The van der Waals surface area contributed by atoms with E-state index in [2.05, 4.69) is 15.3 Å². The quantitative estimate of drug-likeness (QED) is 0.783. The Bertz CT molecular complexity index is 564. The van der Waals surface area contributed by atoms with E-state index in [-0.39, 0.29) is 18.2 Å². The van der Waals surface area contributed by atoms with Crippen LogP contribution in [0.4, 0.5) is 5.69 Å². The minimum absolute atomic E-state index is 0.0650. The number of anilines is 1. The maximum atomic E-state index is 11.8. The SMILES string of the molecule is CC(C)C(O)CC(=O)Nc1cccc(-c2ncc[nH]2)c1. The molecule has 0 fully saturated rings. The maximum absolute atomic E-state index is 11.8. The van der Waals surface area contributed by atoms with Crippen LogP contribution in [0, 0.1) is 5.92 Å². The molecule has 5 nitrogen and oxygen atoms in total. The number of carbonyl (C=O) groups is 1. The van der Waals surface area contributed by atoms with E-state index in [0.717, 1.165) is 11.4 Å². The van der Waals surface area contributed by atoms with Crippen molar-refractivity contribution < 1.29 is 9.90 Å². The van der Waals surface area contributed by atoms with Crippen molar-refractivity contribution in [2.45, 2.75) is 26.4 Å². The summed E-state index contributed by atoms with van der Waals surface area (Å²) in [5.41, 5.74) is 1.59. The van der Waals surface area contributed by atoms with Gasteiger partial charge in [0.15, 0.2) is 0 Å². The van der Waals surface area contributed by atoms with Crippen molar-refractivity contribution in [2.75, 3.05) is 5.32 Å². The molecule has 0 aliphatic heterocycles. The van der Waals surface area contributed by atoms with E-state index in [1.54, 1.807) is 12.4 Å². The summed E-state index contributed by atoms with van der Waals surface area (Å²) in [4.78, 5) is 19.0. The van der Waals surface area contributed by atoms with Crippen molar-refractivity contribution in [1.82, 2.24) is 9.97 Å². The lowest BCUT2D eigenvalue weighted by Gasteiger charge is -2.14. The summed E-state index contributed by atoms with van der Waals surface area (Å²) in [7, 11) is 0. The van der Waals surface area contributed by atoms with Crippen LogP contribution in [-0.4, -0.2) is 27.1 Å². The number of aliphatic hydroxyl groups excluding tert-OH is 1. The first-order valence-corrected chi connectivity index (χ1v) is 6.64. The van der Waals surface area contributed by atoms with E-state index in [0.29, 0.717) is 5.69 Å². The number of nitrogens with one attached hydrogen (secondary N) is 2. The molecule has 1 unspecified atom stereocenters. The highest BCUT2D eigenvalue weighted by Gasteiger charge is 2.14. The molecule has 0 radical (unpaired) electrons. The molecule has 5 heteroatoms. The maximum Gasteiger partial charge on any atom is 0.226 e. The fourth-order valence-corrected chi connectivity index (χ4v) is 1.81. The molecular weight excluding hydrogens is 254 g/mol. The third-order valence-corrected chi connectivity index (χ3v) is 3.08. The predicted octanol–water partition coefficient (Wildman–Crippen LogP) is 2.42. The summed E-state index contributed by atoms with van der Waals surface area (Å²) in [6, 6.07) is 7.42. The van der Waals surface area contributed by atoms with Crippen molar-refractivity contribution in [3.05, 3.63) is 36.7 Å². The highest BCUT2D eigenvalue weighted by atomic mass is 16.3. The predicted molar refractivity (Wildman–Crippen MR) is 78.1 cm³/mol. The lowest BCUT2D eigenvalue weighted by Crippen LogP contribution is -2.23. The molecule has 0 aliphatic carbocycles. The van der Waals surface area contributed by atoms with Gasteiger partial charge in [0.1, 0.15) is 5.82 Å². The largest absolute Gasteiger partial charge is 0.392 e. The van der Waals surface area contributed by atoms with Crippen molar-refractivity contribution in [1.29, 1.82) is 0 Å². The first-order chi connectivity index (χ1) is 9.56. The van der Waals surface area contributed by atoms with E-state index < -0.39 is 6.10 Å². The molecule has 0 saturated heterocycles. The van der Waals surface area contributed by atoms with Gasteiger partial charge in [-0.15, -0.1) is 0 Å². The number of benzene rings is 1. The minimum atomic E-state index is -0.622. The van der Waals surface area contributed by atoms with Gasteiger partial charge in [0.2, 0.25) is 5.91 Å². The molecule has 1 aromatic carbocycles. The second kappa shape index (κ2) is 6.34. The number of rotatable bonds is 5. The number of H-pyrrole nitrogens is 1. The van der Waals surface area contributed by atoms with Gasteiger partial charge in [-0.05, 0) is 18.1 Å². The Hall–Kier alpha value is -2.14. The number of imidazole rings is 1. The van der Waals surface area contributed by atoms with Crippen molar-refractivity contribution in [2.24, 2.45) is 5.92 Å². The zero-order chi connectivity index (χ0) is 14.5. The van der Waals surface area contributed by atoms with E-state index in [9.17, 15) is 9.90 Å². The second-order valence-electron chi connectivity index (χ2n) is 5.08. The Morgan fingerprint density at radius 2 is 2.25 bits per heavy atom. The summed E-state index contributed by atoms with van der Waals surface area (Å²) in [5.74, 6) is 0.626. The number of hydrogen-bond donors (Lipinski definition) is 3. The molecular formula is C15H19N3O2. The van der Waals surface area contributed by atoms with Gasteiger partial charge in [0, 0.05) is 23.6 Å². The first kappa shape index (κ1) is 14.3. The van der Waals surface area contributed by atoms with Crippen LogP contribution in [0.25, 0.3) is 11.4 Å². The van der Waals surface area contributed by atoms with Gasteiger partial charge >= 0.3 is 0 Å². The van der Waals surface area contributed by atoms with Crippen LogP contribution in [-0.2, 0) is 4.79 Å². The van der Waals surface area contributed by atoms with Gasteiger partial charge in [-0.3, -0.25) is 4.79 Å². The lowest BCUT2D eigenvalue weighted by molar-refractivity contribution is -0.118. The Balaban J connectivity index is 2.03.